The highest BCUT2D eigenvalue weighted by molar-refractivity contribution is 8.01. The van der Waals surface area contributed by atoms with Crippen molar-refractivity contribution in [2.24, 2.45) is 5.10 Å². The standard InChI is InChI=1S/C27H25ClF3N3O2S/c1-26(20-6-4-3-5-7-20)18-33(32-24(26)19-8-12-22(28)13-9-19)25(35)34(37-17-16-36-2)23-14-10-21(11-15-23)27(29,30)31/h3-15H,16-18H2,1-2H3. The summed E-state index contributed by atoms with van der Waals surface area (Å²) in [5, 5.41) is 6.69. The molecule has 0 spiro atoms. The summed E-state index contributed by atoms with van der Waals surface area (Å²) in [7, 11) is 1.54. The minimum absolute atomic E-state index is 0.246. The summed E-state index contributed by atoms with van der Waals surface area (Å²) in [6.45, 7) is 2.62. The average molecular weight is 548 g/mol. The number of anilines is 1. The number of urea groups is 1. The lowest BCUT2D eigenvalue weighted by molar-refractivity contribution is -0.137. The topological polar surface area (TPSA) is 45.1 Å². The van der Waals surface area contributed by atoms with E-state index in [0.29, 0.717) is 28.8 Å². The summed E-state index contributed by atoms with van der Waals surface area (Å²) in [6, 6.07) is 21.0. The van der Waals surface area contributed by atoms with Gasteiger partial charge in [-0.05, 0) is 66.4 Å². The number of amides is 2. The second-order valence-electron chi connectivity index (χ2n) is 8.66. The van der Waals surface area contributed by atoms with E-state index in [-0.39, 0.29) is 6.54 Å². The molecule has 1 aliphatic rings. The number of carbonyl (C=O) groups excluding carboxylic acids is 1. The van der Waals surface area contributed by atoms with Crippen LogP contribution in [0, 0.1) is 0 Å². The Morgan fingerprint density at radius 3 is 2.32 bits per heavy atom. The van der Waals surface area contributed by atoms with Gasteiger partial charge in [0.1, 0.15) is 0 Å². The third-order valence-corrected chi connectivity index (χ3v) is 7.30. The van der Waals surface area contributed by atoms with Crippen LogP contribution in [0.1, 0.15) is 23.6 Å². The van der Waals surface area contributed by atoms with Gasteiger partial charge in [0.05, 0.1) is 35.5 Å². The Kier molecular flexibility index (Phi) is 8.16. The predicted octanol–water partition coefficient (Wildman–Crippen LogP) is 7.26. The molecule has 0 N–H and O–H groups in total. The van der Waals surface area contributed by atoms with E-state index in [1.165, 1.54) is 21.4 Å². The van der Waals surface area contributed by atoms with E-state index in [1.54, 1.807) is 19.2 Å². The van der Waals surface area contributed by atoms with Gasteiger partial charge in [0.25, 0.3) is 0 Å². The molecule has 10 heteroatoms. The lowest BCUT2D eigenvalue weighted by Gasteiger charge is -2.29. The molecule has 1 atom stereocenters. The molecule has 4 rings (SSSR count). The Hall–Kier alpha value is -3.01. The molecule has 0 bridgehead atoms. The molecule has 194 valence electrons. The normalized spacial score (nSPS) is 17.6. The van der Waals surface area contributed by atoms with Crippen LogP contribution in [0.15, 0.2) is 84.0 Å². The van der Waals surface area contributed by atoms with Gasteiger partial charge in [-0.2, -0.15) is 18.3 Å². The SMILES string of the molecule is COCCSN(C(=O)N1CC(C)(c2ccccc2)C(c2ccc(Cl)cc2)=N1)c1ccc(C(F)(F)F)cc1. The number of benzene rings is 3. The zero-order chi connectivity index (χ0) is 26.6. The van der Waals surface area contributed by atoms with Crippen LogP contribution in [0.25, 0.3) is 0 Å². The Morgan fingerprint density at radius 1 is 1.08 bits per heavy atom. The van der Waals surface area contributed by atoms with E-state index in [2.05, 4.69) is 0 Å². The number of alkyl halides is 3. The van der Waals surface area contributed by atoms with Gasteiger partial charge >= 0.3 is 12.2 Å². The number of hydrogen-bond acceptors (Lipinski definition) is 4. The van der Waals surface area contributed by atoms with Crippen molar-refractivity contribution < 1.29 is 22.7 Å². The zero-order valence-electron chi connectivity index (χ0n) is 20.2. The first-order valence-corrected chi connectivity index (χ1v) is 12.8. The fourth-order valence-corrected chi connectivity index (χ4v) is 5.14. The van der Waals surface area contributed by atoms with Gasteiger partial charge in [-0.1, -0.05) is 54.1 Å². The summed E-state index contributed by atoms with van der Waals surface area (Å²) < 4.78 is 45.8. The van der Waals surface area contributed by atoms with Crippen molar-refractivity contribution in [3.8, 4) is 0 Å². The minimum atomic E-state index is -4.47. The second kappa shape index (κ2) is 11.2. The molecule has 2 amide bonds. The number of methoxy groups -OCH3 is 1. The van der Waals surface area contributed by atoms with Crippen LogP contribution < -0.4 is 4.31 Å². The van der Waals surface area contributed by atoms with Gasteiger partial charge in [-0.25, -0.2) is 14.1 Å². The Balaban J connectivity index is 1.71. The van der Waals surface area contributed by atoms with Gasteiger partial charge in [0, 0.05) is 17.9 Å². The molecular formula is C27H25ClF3N3O2S. The molecule has 0 aliphatic carbocycles. The number of carbonyl (C=O) groups is 1. The van der Waals surface area contributed by atoms with E-state index in [9.17, 15) is 18.0 Å². The van der Waals surface area contributed by atoms with Gasteiger partial charge in [-0.15, -0.1) is 0 Å². The summed E-state index contributed by atoms with van der Waals surface area (Å²) >= 11 is 7.25. The summed E-state index contributed by atoms with van der Waals surface area (Å²) in [5.74, 6) is 0.417. The molecule has 3 aromatic carbocycles. The maximum Gasteiger partial charge on any atom is 0.416 e. The molecule has 0 aromatic heterocycles. The van der Waals surface area contributed by atoms with E-state index >= 15 is 0 Å². The highest BCUT2D eigenvalue weighted by Gasteiger charge is 2.44. The molecular weight excluding hydrogens is 523 g/mol. The summed E-state index contributed by atoms with van der Waals surface area (Å²) in [4.78, 5) is 13.8. The maximum absolute atomic E-state index is 13.8. The molecule has 37 heavy (non-hydrogen) atoms. The molecule has 1 aliphatic heterocycles. The van der Waals surface area contributed by atoms with Crippen molar-refractivity contribution in [1.29, 1.82) is 0 Å². The van der Waals surface area contributed by atoms with Gasteiger partial charge < -0.3 is 4.74 Å². The predicted molar refractivity (Wildman–Crippen MR) is 142 cm³/mol. The molecule has 0 saturated carbocycles. The lowest BCUT2D eigenvalue weighted by Crippen LogP contribution is -2.41. The first-order valence-electron chi connectivity index (χ1n) is 11.4. The number of hydrazone groups is 1. The highest BCUT2D eigenvalue weighted by Crippen LogP contribution is 2.38. The summed E-state index contributed by atoms with van der Waals surface area (Å²) in [5.41, 5.74) is 1.39. The quantitative estimate of drug-likeness (QED) is 0.231. The number of rotatable bonds is 7. The number of ether oxygens (including phenoxy) is 1. The first kappa shape index (κ1) is 27.0. The summed E-state index contributed by atoms with van der Waals surface area (Å²) in [6.07, 6.45) is -4.47. The molecule has 1 heterocycles. The number of hydrogen-bond donors (Lipinski definition) is 0. The van der Waals surface area contributed by atoms with Crippen molar-refractivity contribution >= 4 is 41.0 Å². The van der Waals surface area contributed by atoms with Crippen LogP contribution in [0.5, 0.6) is 0 Å². The third-order valence-electron chi connectivity index (χ3n) is 6.07. The van der Waals surface area contributed by atoms with E-state index in [0.717, 1.165) is 35.2 Å². The van der Waals surface area contributed by atoms with E-state index in [1.807, 2.05) is 49.4 Å². The Bertz CT molecular complexity index is 1250. The molecule has 5 nitrogen and oxygen atoms in total. The second-order valence-corrected chi connectivity index (χ2v) is 10.1. The van der Waals surface area contributed by atoms with E-state index < -0.39 is 23.2 Å². The lowest BCUT2D eigenvalue weighted by atomic mass is 9.76. The van der Waals surface area contributed by atoms with Gasteiger partial charge in [0.15, 0.2) is 0 Å². The van der Waals surface area contributed by atoms with Crippen LogP contribution in [0.3, 0.4) is 0 Å². The third kappa shape index (κ3) is 5.95. The highest BCUT2D eigenvalue weighted by atomic mass is 35.5. The maximum atomic E-state index is 13.8. The van der Waals surface area contributed by atoms with E-state index in [4.69, 9.17) is 21.4 Å². The van der Waals surface area contributed by atoms with Crippen LogP contribution in [0.2, 0.25) is 5.02 Å². The van der Waals surface area contributed by atoms with Crippen LogP contribution in [0.4, 0.5) is 23.7 Å². The largest absolute Gasteiger partial charge is 0.416 e. The van der Waals surface area contributed by atoms with Crippen LogP contribution in [-0.4, -0.2) is 42.8 Å². The number of nitrogens with zero attached hydrogens (tertiary/aromatic N) is 3. The van der Waals surface area contributed by atoms with Crippen molar-refractivity contribution in [2.75, 3.05) is 30.3 Å². The van der Waals surface area contributed by atoms with Gasteiger partial charge in [0.2, 0.25) is 0 Å². The smallest absolute Gasteiger partial charge is 0.384 e. The zero-order valence-corrected chi connectivity index (χ0v) is 21.8. The monoisotopic (exact) mass is 547 g/mol. The minimum Gasteiger partial charge on any atom is -0.384 e. The first-order chi connectivity index (χ1) is 17.6. The average Bonchev–Trinajstić information content (AvgIpc) is 3.25. The molecule has 1 unspecified atom stereocenters. The van der Waals surface area contributed by atoms with Crippen molar-refractivity contribution in [3.63, 3.8) is 0 Å². The number of halogens is 4. The Labute approximate surface area is 223 Å². The van der Waals surface area contributed by atoms with Crippen LogP contribution in [-0.2, 0) is 16.3 Å². The molecule has 0 fully saturated rings. The van der Waals surface area contributed by atoms with Crippen LogP contribution >= 0.6 is 23.5 Å². The van der Waals surface area contributed by atoms with Gasteiger partial charge in [-0.3, -0.25) is 0 Å². The molecule has 0 saturated heterocycles. The van der Waals surface area contributed by atoms with Crippen molar-refractivity contribution in [1.82, 2.24) is 5.01 Å². The fraction of sp³-hybridized carbons (Fsp3) is 0.259. The molecule has 3 aromatic rings. The fourth-order valence-electron chi connectivity index (χ4n) is 4.11. The Morgan fingerprint density at radius 2 is 1.73 bits per heavy atom. The molecule has 0 radical (unpaired) electrons. The van der Waals surface area contributed by atoms with Crippen molar-refractivity contribution in [2.45, 2.75) is 18.5 Å². The van der Waals surface area contributed by atoms with Crippen molar-refractivity contribution in [3.05, 3.63) is 101 Å².